The molecule has 2 aromatic carbocycles. The van der Waals surface area contributed by atoms with Gasteiger partial charge in [-0.15, -0.1) is 0 Å². The fourth-order valence-electron chi connectivity index (χ4n) is 2.07. The lowest BCUT2D eigenvalue weighted by Crippen LogP contribution is -1.90. The molecule has 0 aliphatic rings. The SMILES string of the molecule is CCc1ccc(-c2noc(-c3ccc(Cl)cc3N)n2)cc1. The highest BCUT2D eigenvalue weighted by Crippen LogP contribution is 2.28. The van der Waals surface area contributed by atoms with Crippen molar-refractivity contribution in [1.82, 2.24) is 10.1 Å². The molecule has 4 nitrogen and oxygen atoms in total. The monoisotopic (exact) mass is 299 g/mol. The van der Waals surface area contributed by atoms with Crippen molar-refractivity contribution >= 4 is 17.3 Å². The second-order valence-corrected chi connectivity index (χ2v) is 5.14. The van der Waals surface area contributed by atoms with Crippen LogP contribution in [0.3, 0.4) is 0 Å². The summed E-state index contributed by atoms with van der Waals surface area (Å²) < 4.78 is 5.30. The molecular weight excluding hydrogens is 286 g/mol. The molecule has 2 N–H and O–H groups in total. The fourth-order valence-corrected chi connectivity index (χ4v) is 2.25. The first kappa shape index (κ1) is 13.6. The quantitative estimate of drug-likeness (QED) is 0.736. The number of hydrogen-bond acceptors (Lipinski definition) is 4. The van der Waals surface area contributed by atoms with E-state index >= 15 is 0 Å². The van der Waals surface area contributed by atoms with Crippen LogP contribution in [0.15, 0.2) is 47.0 Å². The maximum absolute atomic E-state index is 5.93. The Balaban J connectivity index is 1.95. The lowest BCUT2D eigenvalue weighted by atomic mass is 10.1. The molecule has 0 amide bonds. The van der Waals surface area contributed by atoms with E-state index < -0.39 is 0 Å². The molecule has 3 aromatic rings. The summed E-state index contributed by atoms with van der Waals surface area (Å²) in [5.74, 6) is 0.931. The lowest BCUT2D eigenvalue weighted by Gasteiger charge is -2.00. The zero-order chi connectivity index (χ0) is 14.8. The number of anilines is 1. The first-order valence-electron chi connectivity index (χ1n) is 6.66. The van der Waals surface area contributed by atoms with Crippen molar-refractivity contribution in [3.05, 3.63) is 53.1 Å². The van der Waals surface area contributed by atoms with Crippen molar-refractivity contribution in [2.45, 2.75) is 13.3 Å². The molecule has 0 bridgehead atoms. The number of hydrogen-bond donors (Lipinski definition) is 1. The lowest BCUT2D eigenvalue weighted by molar-refractivity contribution is 0.432. The predicted molar refractivity (Wildman–Crippen MR) is 84.0 cm³/mol. The first-order chi connectivity index (χ1) is 10.2. The number of nitrogens with zero attached hydrogens (tertiary/aromatic N) is 2. The summed E-state index contributed by atoms with van der Waals surface area (Å²) in [4.78, 5) is 4.40. The highest BCUT2D eigenvalue weighted by atomic mass is 35.5. The molecule has 3 rings (SSSR count). The summed E-state index contributed by atoms with van der Waals surface area (Å²) in [6.45, 7) is 2.12. The van der Waals surface area contributed by atoms with Crippen molar-refractivity contribution in [2.24, 2.45) is 0 Å². The molecule has 0 fully saturated rings. The second kappa shape index (κ2) is 5.58. The van der Waals surface area contributed by atoms with Crippen molar-refractivity contribution in [3.63, 3.8) is 0 Å². The minimum absolute atomic E-state index is 0.388. The number of aromatic nitrogens is 2. The molecule has 1 heterocycles. The largest absolute Gasteiger partial charge is 0.398 e. The Morgan fingerprint density at radius 3 is 2.57 bits per heavy atom. The molecule has 0 saturated carbocycles. The maximum atomic E-state index is 5.93. The summed E-state index contributed by atoms with van der Waals surface area (Å²) in [7, 11) is 0. The van der Waals surface area contributed by atoms with E-state index in [1.165, 1.54) is 5.56 Å². The van der Waals surface area contributed by atoms with Crippen LogP contribution in [0.2, 0.25) is 5.02 Å². The Morgan fingerprint density at radius 1 is 1.14 bits per heavy atom. The van der Waals surface area contributed by atoms with Gasteiger partial charge in [-0.2, -0.15) is 4.98 Å². The van der Waals surface area contributed by atoms with Gasteiger partial charge < -0.3 is 10.3 Å². The number of halogens is 1. The summed E-state index contributed by atoms with van der Waals surface area (Å²) in [6.07, 6.45) is 0.999. The van der Waals surface area contributed by atoms with Crippen LogP contribution in [0.4, 0.5) is 5.69 Å². The van der Waals surface area contributed by atoms with E-state index in [4.69, 9.17) is 21.9 Å². The predicted octanol–water partition coefficient (Wildman–Crippen LogP) is 4.20. The highest BCUT2D eigenvalue weighted by molar-refractivity contribution is 6.31. The first-order valence-corrected chi connectivity index (χ1v) is 7.03. The maximum Gasteiger partial charge on any atom is 0.260 e. The number of nitrogen functional groups attached to an aromatic ring is 1. The Bertz CT molecular complexity index is 765. The number of aryl methyl sites for hydroxylation is 1. The van der Waals surface area contributed by atoms with Crippen LogP contribution in [0, 0.1) is 0 Å². The minimum Gasteiger partial charge on any atom is -0.398 e. The van der Waals surface area contributed by atoms with Gasteiger partial charge in [0.05, 0.1) is 5.56 Å². The molecule has 0 aliphatic carbocycles. The highest BCUT2D eigenvalue weighted by Gasteiger charge is 2.13. The average molecular weight is 300 g/mol. The zero-order valence-electron chi connectivity index (χ0n) is 11.5. The molecule has 21 heavy (non-hydrogen) atoms. The fraction of sp³-hybridized carbons (Fsp3) is 0.125. The van der Waals surface area contributed by atoms with E-state index in [-0.39, 0.29) is 0 Å². The van der Waals surface area contributed by atoms with Gasteiger partial charge in [-0.3, -0.25) is 0 Å². The van der Waals surface area contributed by atoms with Crippen LogP contribution in [0.25, 0.3) is 22.8 Å². The number of nitrogens with two attached hydrogens (primary N) is 1. The molecule has 5 heteroatoms. The molecular formula is C16H14ClN3O. The third-order valence-electron chi connectivity index (χ3n) is 3.29. The van der Waals surface area contributed by atoms with E-state index in [2.05, 4.69) is 29.2 Å². The molecule has 1 aromatic heterocycles. The molecule has 0 saturated heterocycles. The van der Waals surface area contributed by atoms with E-state index in [1.807, 2.05) is 12.1 Å². The molecule has 0 spiro atoms. The van der Waals surface area contributed by atoms with Crippen LogP contribution in [0.1, 0.15) is 12.5 Å². The van der Waals surface area contributed by atoms with Crippen molar-refractivity contribution in [2.75, 3.05) is 5.73 Å². The number of benzene rings is 2. The standard InChI is InChI=1S/C16H14ClN3O/c1-2-10-3-5-11(6-4-10)15-19-16(21-20-15)13-8-7-12(17)9-14(13)18/h3-9H,2,18H2,1H3. The molecule has 0 radical (unpaired) electrons. The van der Waals surface area contributed by atoms with Gasteiger partial charge in [-0.1, -0.05) is 47.9 Å². The van der Waals surface area contributed by atoms with Gasteiger partial charge in [0, 0.05) is 16.3 Å². The van der Waals surface area contributed by atoms with E-state index in [9.17, 15) is 0 Å². The van der Waals surface area contributed by atoms with E-state index in [0.717, 1.165) is 12.0 Å². The summed E-state index contributed by atoms with van der Waals surface area (Å²) >= 11 is 5.89. The Hall–Kier alpha value is -2.33. The summed E-state index contributed by atoms with van der Waals surface area (Å²) in [5.41, 5.74) is 9.30. The number of rotatable bonds is 3. The summed E-state index contributed by atoms with van der Waals surface area (Å²) in [5, 5.41) is 4.58. The molecule has 0 aliphatic heterocycles. The topological polar surface area (TPSA) is 64.9 Å². The second-order valence-electron chi connectivity index (χ2n) is 4.71. The Labute approximate surface area is 127 Å². The summed E-state index contributed by atoms with van der Waals surface area (Å²) in [6, 6.07) is 13.3. The normalized spacial score (nSPS) is 10.8. The van der Waals surface area contributed by atoms with Crippen LogP contribution in [-0.4, -0.2) is 10.1 Å². The third-order valence-corrected chi connectivity index (χ3v) is 3.53. The van der Waals surface area contributed by atoms with Gasteiger partial charge in [-0.05, 0) is 30.2 Å². The van der Waals surface area contributed by atoms with Gasteiger partial charge in [0.25, 0.3) is 5.89 Å². The molecule has 0 unspecified atom stereocenters. The van der Waals surface area contributed by atoms with Gasteiger partial charge in [0.2, 0.25) is 5.82 Å². The minimum atomic E-state index is 0.388. The molecule has 0 atom stereocenters. The third kappa shape index (κ3) is 2.76. The van der Waals surface area contributed by atoms with E-state index in [1.54, 1.807) is 18.2 Å². The van der Waals surface area contributed by atoms with Crippen LogP contribution in [-0.2, 0) is 6.42 Å². The van der Waals surface area contributed by atoms with E-state index in [0.29, 0.717) is 28.0 Å². The van der Waals surface area contributed by atoms with Gasteiger partial charge in [-0.25, -0.2) is 0 Å². The van der Waals surface area contributed by atoms with Gasteiger partial charge in [0.15, 0.2) is 0 Å². The van der Waals surface area contributed by atoms with Crippen molar-refractivity contribution in [3.8, 4) is 22.8 Å². The zero-order valence-corrected chi connectivity index (χ0v) is 12.3. The van der Waals surface area contributed by atoms with Crippen molar-refractivity contribution in [1.29, 1.82) is 0 Å². The van der Waals surface area contributed by atoms with Crippen LogP contribution >= 0.6 is 11.6 Å². The van der Waals surface area contributed by atoms with Gasteiger partial charge in [0.1, 0.15) is 0 Å². The Kier molecular flexibility index (Phi) is 3.62. The Morgan fingerprint density at radius 2 is 1.90 bits per heavy atom. The van der Waals surface area contributed by atoms with Crippen molar-refractivity contribution < 1.29 is 4.52 Å². The van der Waals surface area contributed by atoms with Gasteiger partial charge >= 0.3 is 0 Å². The van der Waals surface area contributed by atoms with Crippen LogP contribution in [0.5, 0.6) is 0 Å². The molecule has 106 valence electrons. The smallest absolute Gasteiger partial charge is 0.260 e. The van der Waals surface area contributed by atoms with Crippen LogP contribution < -0.4 is 5.73 Å². The average Bonchev–Trinajstić information content (AvgIpc) is 2.97.